The molecule has 3 nitrogen and oxygen atoms in total. The first-order valence-corrected chi connectivity index (χ1v) is 6.87. The van der Waals surface area contributed by atoms with Gasteiger partial charge < -0.3 is 15.7 Å². The molecule has 96 valence electrons. The van der Waals surface area contributed by atoms with Gasteiger partial charge in [-0.25, -0.2) is 0 Å². The molecule has 0 radical (unpaired) electrons. The summed E-state index contributed by atoms with van der Waals surface area (Å²) in [7, 11) is 0. The largest absolute Gasteiger partial charge is 0.392 e. The van der Waals surface area contributed by atoms with E-state index in [0.29, 0.717) is 12.1 Å². The molecule has 1 fully saturated rings. The molecule has 1 rings (SSSR count). The zero-order chi connectivity index (χ0) is 11.8. The smallest absolute Gasteiger partial charge is 0.0662 e. The van der Waals surface area contributed by atoms with Crippen molar-refractivity contribution >= 4 is 0 Å². The summed E-state index contributed by atoms with van der Waals surface area (Å²) in [4.78, 5) is 0. The third-order valence-corrected chi connectivity index (χ3v) is 3.47. The molecule has 16 heavy (non-hydrogen) atoms. The standard InChI is InChI=1S/C13H28N2O/c1-3-13(16)10-15-11(2)9-12-7-5-4-6-8-14-12/h11-16H,3-10H2,1-2H3. The lowest BCUT2D eigenvalue weighted by molar-refractivity contribution is 0.162. The summed E-state index contributed by atoms with van der Waals surface area (Å²) in [5, 5.41) is 16.5. The molecule has 3 heteroatoms. The molecule has 1 saturated heterocycles. The highest BCUT2D eigenvalue weighted by atomic mass is 16.3. The third-order valence-electron chi connectivity index (χ3n) is 3.47. The fraction of sp³-hybridized carbons (Fsp3) is 1.00. The number of nitrogens with one attached hydrogen (secondary N) is 2. The normalized spacial score (nSPS) is 26.1. The molecule has 0 spiro atoms. The minimum atomic E-state index is -0.190. The predicted molar refractivity (Wildman–Crippen MR) is 68.6 cm³/mol. The molecule has 3 unspecified atom stereocenters. The van der Waals surface area contributed by atoms with Crippen molar-refractivity contribution in [2.24, 2.45) is 0 Å². The van der Waals surface area contributed by atoms with Crippen LogP contribution in [0.15, 0.2) is 0 Å². The van der Waals surface area contributed by atoms with Gasteiger partial charge in [0.15, 0.2) is 0 Å². The Morgan fingerprint density at radius 2 is 2.19 bits per heavy atom. The molecule has 0 bridgehead atoms. The molecular weight excluding hydrogens is 200 g/mol. The second-order valence-electron chi connectivity index (χ2n) is 5.11. The molecule has 0 aromatic carbocycles. The van der Waals surface area contributed by atoms with E-state index in [1.54, 1.807) is 0 Å². The SMILES string of the molecule is CCC(O)CNC(C)CC1CCCCCN1. The predicted octanol–water partition coefficient (Wildman–Crippen LogP) is 1.66. The van der Waals surface area contributed by atoms with E-state index < -0.39 is 0 Å². The van der Waals surface area contributed by atoms with Crippen LogP contribution in [0.2, 0.25) is 0 Å². The number of aliphatic hydroxyl groups is 1. The monoisotopic (exact) mass is 228 g/mol. The van der Waals surface area contributed by atoms with Gasteiger partial charge in [0.05, 0.1) is 6.10 Å². The molecule has 0 aromatic rings. The Hall–Kier alpha value is -0.120. The second kappa shape index (κ2) is 8.04. The highest BCUT2D eigenvalue weighted by Gasteiger charge is 2.14. The molecule has 0 amide bonds. The molecule has 1 aliphatic heterocycles. The van der Waals surface area contributed by atoms with Crippen LogP contribution in [0.5, 0.6) is 0 Å². The van der Waals surface area contributed by atoms with Crippen LogP contribution in [0.3, 0.4) is 0 Å². The highest BCUT2D eigenvalue weighted by Crippen LogP contribution is 2.12. The number of hydrogen-bond donors (Lipinski definition) is 3. The lowest BCUT2D eigenvalue weighted by Gasteiger charge is -2.22. The van der Waals surface area contributed by atoms with Crippen LogP contribution >= 0.6 is 0 Å². The van der Waals surface area contributed by atoms with E-state index in [1.165, 1.54) is 38.6 Å². The summed E-state index contributed by atoms with van der Waals surface area (Å²) in [5.74, 6) is 0. The average molecular weight is 228 g/mol. The lowest BCUT2D eigenvalue weighted by Crippen LogP contribution is -2.39. The van der Waals surface area contributed by atoms with Crippen LogP contribution in [0.25, 0.3) is 0 Å². The maximum absolute atomic E-state index is 9.48. The van der Waals surface area contributed by atoms with Gasteiger partial charge in [-0.3, -0.25) is 0 Å². The minimum absolute atomic E-state index is 0.190. The van der Waals surface area contributed by atoms with Crippen LogP contribution in [-0.2, 0) is 0 Å². The van der Waals surface area contributed by atoms with Gasteiger partial charge in [0, 0.05) is 18.6 Å². The molecule has 0 saturated carbocycles. The molecule has 1 aliphatic rings. The zero-order valence-corrected chi connectivity index (χ0v) is 10.8. The second-order valence-corrected chi connectivity index (χ2v) is 5.11. The molecular formula is C13H28N2O. The first kappa shape index (κ1) is 13.9. The average Bonchev–Trinajstić information content (AvgIpc) is 2.54. The molecule has 0 aromatic heterocycles. The lowest BCUT2D eigenvalue weighted by atomic mass is 10.0. The number of hydrogen-bond acceptors (Lipinski definition) is 3. The van der Waals surface area contributed by atoms with Crippen LogP contribution in [-0.4, -0.2) is 36.4 Å². The number of aliphatic hydroxyl groups excluding tert-OH is 1. The van der Waals surface area contributed by atoms with Crippen molar-refractivity contribution in [3.05, 3.63) is 0 Å². The van der Waals surface area contributed by atoms with E-state index in [1.807, 2.05) is 6.92 Å². The van der Waals surface area contributed by atoms with E-state index in [9.17, 15) is 5.11 Å². The Kier molecular flexibility index (Phi) is 7.01. The van der Waals surface area contributed by atoms with Crippen molar-refractivity contribution in [2.75, 3.05) is 13.1 Å². The summed E-state index contributed by atoms with van der Waals surface area (Å²) < 4.78 is 0. The van der Waals surface area contributed by atoms with Gasteiger partial charge in [-0.2, -0.15) is 0 Å². The highest BCUT2D eigenvalue weighted by molar-refractivity contribution is 4.76. The summed E-state index contributed by atoms with van der Waals surface area (Å²) in [5.41, 5.74) is 0. The Bertz CT molecular complexity index is 167. The first-order chi connectivity index (χ1) is 7.72. The zero-order valence-electron chi connectivity index (χ0n) is 10.8. The van der Waals surface area contributed by atoms with Crippen molar-refractivity contribution in [3.63, 3.8) is 0 Å². The van der Waals surface area contributed by atoms with Crippen molar-refractivity contribution < 1.29 is 5.11 Å². The summed E-state index contributed by atoms with van der Waals surface area (Å²) >= 11 is 0. The van der Waals surface area contributed by atoms with Crippen molar-refractivity contribution in [1.82, 2.24) is 10.6 Å². The number of rotatable bonds is 6. The maximum Gasteiger partial charge on any atom is 0.0662 e. The topological polar surface area (TPSA) is 44.3 Å². The Morgan fingerprint density at radius 1 is 1.38 bits per heavy atom. The maximum atomic E-state index is 9.48. The van der Waals surface area contributed by atoms with Gasteiger partial charge in [-0.05, 0) is 39.2 Å². The third kappa shape index (κ3) is 5.83. The van der Waals surface area contributed by atoms with Gasteiger partial charge in [0.1, 0.15) is 0 Å². The van der Waals surface area contributed by atoms with E-state index in [2.05, 4.69) is 17.6 Å². The van der Waals surface area contributed by atoms with Gasteiger partial charge in [-0.15, -0.1) is 0 Å². The molecule has 0 aliphatic carbocycles. The van der Waals surface area contributed by atoms with Crippen molar-refractivity contribution in [1.29, 1.82) is 0 Å². The van der Waals surface area contributed by atoms with E-state index in [4.69, 9.17) is 0 Å². The summed E-state index contributed by atoms with van der Waals surface area (Å²) in [6.45, 7) is 6.14. The van der Waals surface area contributed by atoms with E-state index in [-0.39, 0.29) is 6.10 Å². The summed E-state index contributed by atoms with van der Waals surface area (Å²) in [6.07, 6.45) is 7.19. The van der Waals surface area contributed by atoms with E-state index in [0.717, 1.165) is 13.0 Å². The Labute approximate surface area is 100 Å². The molecule has 3 N–H and O–H groups in total. The van der Waals surface area contributed by atoms with Crippen molar-refractivity contribution in [2.45, 2.75) is 70.6 Å². The Morgan fingerprint density at radius 3 is 2.94 bits per heavy atom. The van der Waals surface area contributed by atoms with Crippen molar-refractivity contribution in [3.8, 4) is 0 Å². The van der Waals surface area contributed by atoms with Crippen LogP contribution < -0.4 is 10.6 Å². The van der Waals surface area contributed by atoms with Crippen LogP contribution in [0.4, 0.5) is 0 Å². The quantitative estimate of drug-likeness (QED) is 0.648. The summed E-state index contributed by atoms with van der Waals surface area (Å²) in [6, 6.07) is 1.17. The van der Waals surface area contributed by atoms with Gasteiger partial charge in [-0.1, -0.05) is 19.8 Å². The van der Waals surface area contributed by atoms with Gasteiger partial charge in [0.2, 0.25) is 0 Å². The fourth-order valence-electron chi connectivity index (χ4n) is 2.29. The molecule has 3 atom stereocenters. The Balaban J connectivity index is 2.14. The fourth-order valence-corrected chi connectivity index (χ4v) is 2.29. The van der Waals surface area contributed by atoms with Crippen LogP contribution in [0, 0.1) is 0 Å². The molecule has 1 heterocycles. The van der Waals surface area contributed by atoms with Crippen LogP contribution in [0.1, 0.15) is 52.4 Å². The van der Waals surface area contributed by atoms with E-state index >= 15 is 0 Å². The minimum Gasteiger partial charge on any atom is -0.392 e. The van der Waals surface area contributed by atoms with Gasteiger partial charge >= 0.3 is 0 Å². The van der Waals surface area contributed by atoms with Gasteiger partial charge in [0.25, 0.3) is 0 Å². The first-order valence-electron chi connectivity index (χ1n) is 6.87.